The van der Waals surface area contributed by atoms with Crippen molar-refractivity contribution >= 4 is 28.3 Å². The highest BCUT2D eigenvalue weighted by Gasteiger charge is 2.11. The van der Waals surface area contributed by atoms with Crippen molar-refractivity contribution in [2.24, 2.45) is 0 Å². The number of hydrogen-bond acceptors (Lipinski definition) is 3. The average molecular weight is 281 g/mol. The standard InChI is InChI=1S/C14H17ClN2O2/c1-9(18)7-16-6-5-10-8-17-11-3-4-12(19-2)14(15)13(10)11/h3-4,8,16-17H,5-7H2,1-2H3. The summed E-state index contributed by atoms with van der Waals surface area (Å²) in [6.07, 6.45) is 2.76. The van der Waals surface area contributed by atoms with Crippen LogP contribution in [-0.4, -0.2) is 31.0 Å². The van der Waals surface area contributed by atoms with Gasteiger partial charge < -0.3 is 15.0 Å². The van der Waals surface area contributed by atoms with Crippen molar-refractivity contribution in [3.05, 3.63) is 28.9 Å². The third kappa shape index (κ3) is 3.08. The maximum absolute atomic E-state index is 10.8. The Balaban J connectivity index is 2.17. The molecule has 1 aromatic heterocycles. The Labute approximate surface area is 117 Å². The van der Waals surface area contributed by atoms with E-state index in [0.29, 0.717) is 17.3 Å². The van der Waals surface area contributed by atoms with Gasteiger partial charge in [-0.2, -0.15) is 0 Å². The minimum Gasteiger partial charge on any atom is -0.495 e. The molecule has 0 atom stereocenters. The molecule has 0 spiro atoms. The Bertz CT molecular complexity index is 592. The van der Waals surface area contributed by atoms with Crippen molar-refractivity contribution in [3.63, 3.8) is 0 Å². The van der Waals surface area contributed by atoms with Gasteiger partial charge in [0.05, 0.1) is 18.7 Å². The maximum atomic E-state index is 10.8. The number of aromatic amines is 1. The number of aromatic nitrogens is 1. The molecule has 0 aliphatic carbocycles. The highest BCUT2D eigenvalue weighted by molar-refractivity contribution is 6.37. The minimum absolute atomic E-state index is 0.138. The van der Waals surface area contributed by atoms with Gasteiger partial charge in [0.15, 0.2) is 0 Å². The van der Waals surface area contributed by atoms with Gasteiger partial charge in [0.25, 0.3) is 0 Å². The van der Waals surface area contributed by atoms with Crippen molar-refractivity contribution in [2.45, 2.75) is 13.3 Å². The number of ketones is 1. The monoisotopic (exact) mass is 280 g/mol. The fourth-order valence-corrected chi connectivity index (χ4v) is 2.43. The van der Waals surface area contributed by atoms with E-state index in [1.165, 1.54) is 0 Å². The highest BCUT2D eigenvalue weighted by atomic mass is 35.5. The molecular weight excluding hydrogens is 264 g/mol. The van der Waals surface area contributed by atoms with Crippen LogP contribution in [0.15, 0.2) is 18.3 Å². The lowest BCUT2D eigenvalue weighted by molar-refractivity contribution is -0.116. The van der Waals surface area contributed by atoms with E-state index in [-0.39, 0.29) is 5.78 Å². The Morgan fingerprint density at radius 3 is 2.95 bits per heavy atom. The molecule has 5 heteroatoms. The Kier molecular flexibility index (Phi) is 4.45. The molecule has 1 aromatic carbocycles. The van der Waals surface area contributed by atoms with E-state index in [1.54, 1.807) is 14.0 Å². The molecule has 0 fully saturated rings. The summed E-state index contributed by atoms with van der Waals surface area (Å²) in [7, 11) is 1.60. The lowest BCUT2D eigenvalue weighted by Gasteiger charge is -2.06. The molecule has 0 aliphatic rings. The maximum Gasteiger partial charge on any atom is 0.143 e. The molecule has 0 radical (unpaired) electrons. The normalized spacial score (nSPS) is 10.9. The molecule has 19 heavy (non-hydrogen) atoms. The summed E-state index contributed by atoms with van der Waals surface area (Å²) in [5.41, 5.74) is 2.11. The summed E-state index contributed by atoms with van der Waals surface area (Å²) in [5.74, 6) is 0.811. The van der Waals surface area contributed by atoms with E-state index in [1.807, 2.05) is 18.3 Å². The van der Waals surface area contributed by atoms with Gasteiger partial charge in [-0.25, -0.2) is 0 Å². The van der Waals surface area contributed by atoms with Gasteiger partial charge in [-0.3, -0.25) is 4.79 Å². The number of fused-ring (bicyclic) bond motifs is 1. The zero-order valence-corrected chi connectivity index (χ0v) is 11.8. The summed E-state index contributed by atoms with van der Waals surface area (Å²) in [6, 6.07) is 3.80. The number of carbonyl (C=O) groups excluding carboxylic acids is 1. The lowest BCUT2D eigenvalue weighted by atomic mass is 10.1. The number of hydrogen-bond donors (Lipinski definition) is 2. The number of ether oxygens (including phenoxy) is 1. The van der Waals surface area contributed by atoms with Crippen LogP contribution >= 0.6 is 11.6 Å². The van der Waals surface area contributed by atoms with Crippen LogP contribution < -0.4 is 10.1 Å². The van der Waals surface area contributed by atoms with Crippen LogP contribution in [0, 0.1) is 0 Å². The number of H-pyrrole nitrogens is 1. The quantitative estimate of drug-likeness (QED) is 0.800. The van der Waals surface area contributed by atoms with Crippen molar-refractivity contribution in [3.8, 4) is 5.75 Å². The van der Waals surface area contributed by atoms with Gasteiger partial charge in [-0.1, -0.05) is 11.6 Å². The van der Waals surface area contributed by atoms with Gasteiger partial charge in [0, 0.05) is 17.1 Å². The molecule has 4 nitrogen and oxygen atoms in total. The number of halogens is 1. The first kappa shape index (κ1) is 13.9. The third-order valence-corrected chi connectivity index (χ3v) is 3.37. The van der Waals surface area contributed by atoms with E-state index in [9.17, 15) is 4.79 Å². The first-order chi connectivity index (χ1) is 9.13. The molecule has 0 saturated carbocycles. The molecule has 102 valence electrons. The average Bonchev–Trinajstić information content (AvgIpc) is 2.79. The minimum atomic E-state index is 0.138. The number of nitrogens with one attached hydrogen (secondary N) is 2. The first-order valence-corrected chi connectivity index (χ1v) is 6.54. The predicted octanol–water partition coefficient (Wildman–Crippen LogP) is 2.55. The zero-order valence-electron chi connectivity index (χ0n) is 11.0. The van der Waals surface area contributed by atoms with E-state index in [4.69, 9.17) is 16.3 Å². The predicted molar refractivity (Wildman–Crippen MR) is 77.1 cm³/mol. The van der Waals surface area contributed by atoms with Crippen LogP contribution in [0.3, 0.4) is 0 Å². The van der Waals surface area contributed by atoms with Gasteiger partial charge in [0.2, 0.25) is 0 Å². The Morgan fingerprint density at radius 1 is 1.47 bits per heavy atom. The second-order valence-corrected chi connectivity index (χ2v) is 4.83. The van der Waals surface area contributed by atoms with E-state index in [0.717, 1.165) is 29.4 Å². The summed E-state index contributed by atoms with van der Waals surface area (Å²) in [4.78, 5) is 14.0. The molecule has 0 saturated heterocycles. The van der Waals surface area contributed by atoms with Gasteiger partial charge in [0.1, 0.15) is 11.5 Å². The molecule has 0 aliphatic heterocycles. The summed E-state index contributed by atoms with van der Waals surface area (Å²) < 4.78 is 5.23. The molecular formula is C14H17ClN2O2. The fraction of sp³-hybridized carbons (Fsp3) is 0.357. The molecule has 0 amide bonds. The van der Waals surface area contributed by atoms with E-state index in [2.05, 4.69) is 10.3 Å². The molecule has 2 rings (SSSR count). The lowest BCUT2D eigenvalue weighted by Crippen LogP contribution is -2.23. The second kappa shape index (κ2) is 6.08. The summed E-state index contributed by atoms with van der Waals surface area (Å²) in [6.45, 7) is 2.71. The van der Waals surface area contributed by atoms with Gasteiger partial charge in [-0.15, -0.1) is 0 Å². The Hall–Kier alpha value is -1.52. The Morgan fingerprint density at radius 2 is 2.26 bits per heavy atom. The fourth-order valence-electron chi connectivity index (χ4n) is 2.07. The van der Waals surface area contributed by atoms with E-state index < -0.39 is 0 Å². The molecule has 2 aromatic rings. The van der Waals surface area contributed by atoms with Crippen LogP contribution in [0.25, 0.3) is 10.9 Å². The number of methoxy groups -OCH3 is 1. The van der Waals surface area contributed by atoms with Crippen LogP contribution in [0.2, 0.25) is 5.02 Å². The number of Topliss-reactive ketones (excluding diaryl/α,β-unsaturated/α-hetero) is 1. The number of rotatable bonds is 6. The molecule has 2 N–H and O–H groups in total. The second-order valence-electron chi connectivity index (χ2n) is 4.45. The SMILES string of the molecule is COc1ccc2[nH]cc(CCNCC(C)=O)c2c1Cl. The van der Waals surface area contributed by atoms with Crippen LogP contribution in [0.5, 0.6) is 5.75 Å². The highest BCUT2D eigenvalue weighted by Crippen LogP contribution is 2.34. The van der Waals surface area contributed by atoms with E-state index >= 15 is 0 Å². The molecule has 0 unspecified atom stereocenters. The van der Waals surface area contributed by atoms with Crippen LogP contribution in [-0.2, 0) is 11.2 Å². The van der Waals surface area contributed by atoms with Crippen LogP contribution in [0.4, 0.5) is 0 Å². The first-order valence-electron chi connectivity index (χ1n) is 6.16. The topological polar surface area (TPSA) is 54.1 Å². The summed E-state index contributed by atoms with van der Waals surface area (Å²) >= 11 is 6.33. The van der Waals surface area contributed by atoms with Gasteiger partial charge in [-0.05, 0) is 37.6 Å². The zero-order chi connectivity index (χ0) is 13.8. The van der Waals surface area contributed by atoms with Crippen LogP contribution in [0.1, 0.15) is 12.5 Å². The number of benzene rings is 1. The van der Waals surface area contributed by atoms with Gasteiger partial charge >= 0.3 is 0 Å². The van der Waals surface area contributed by atoms with Crippen molar-refractivity contribution in [1.29, 1.82) is 0 Å². The summed E-state index contributed by atoms with van der Waals surface area (Å²) in [5, 5.41) is 4.72. The van der Waals surface area contributed by atoms with Crippen molar-refractivity contribution < 1.29 is 9.53 Å². The molecule has 1 heterocycles. The van der Waals surface area contributed by atoms with Crippen molar-refractivity contribution in [2.75, 3.05) is 20.2 Å². The molecule has 0 bridgehead atoms. The smallest absolute Gasteiger partial charge is 0.143 e. The number of carbonyl (C=O) groups is 1. The largest absolute Gasteiger partial charge is 0.495 e. The third-order valence-electron chi connectivity index (χ3n) is 2.99. The van der Waals surface area contributed by atoms with Crippen molar-refractivity contribution in [1.82, 2.24) is 10.3 Å².